The third-order valence-corrected chi connectivity index (χ3v) is 3.07. The van der Waals surface area contributed by atoms with Crippen LogP contribution in [-0.2, 0) is 9.53 Å². The summed E-state index contributed by atoms with van der Waals surface area (Å²) in [6.45, 7) is 0. The number of carbonyl (C=O) groups is 1. The van der Waals surface area contributed by atoms with E-state index in [-0.39, 0.29) is 11.9 Å². The molecule has 0 aromatic heterocycles. The molecule has 0 amide bonds. The van der Waals surface area contributed by atoms with Gasteiger partial charge in [-0.3, -0.25) is 0 Å². The molecule has 1 aromatic rings. The summed E-state index contributed by atoms with van der Waals surface area (Å²) in [6.07, 6.45) is 1.42. The smallest absolute Gasteiger partial charge is 0.347 e. The lowest BCUT2D eigenvalue weighted by atomic mass is 10.2. The average molecular weight is 266 g/mol. The Morgan fingerprint density at radius 1 is 1.05 bits per heavy atom. The molecule has 0 bridgehead atoms. The van der Waals surface area contributed by atoms with Crippen molar-refractivity contribution in [1.29, 1.82) is 0 Å². The third-order valence-electron chi connectivity index (χ3n) is 3.07. The predicted molar refractivity (Wildman–Crippen MR) is 68.7 cm³/mol. The maximum Gasteiger partial charge on any atom is 0.347 e. The second-order valence-corrected chi connectivity index (χ2v) is 4.45. The van der Waals surface area contributed by atoms with Gasteiger partial charge < -0.3 is 18.9 Å². The molecule has 0 N–H and O–H groups in total. The van der Waals surface area contributed by atoms with Crippen molar-refractivity contribution in [3.8, 4) is 17.2 Å². The predicted octanol–water partition coefficient (Wildman–Crippen LogP) is 2.03. The van der Waals surface area contributed by atoms with Crippen LogP contribution in [0.2, 0.25) is 0 Å². The van der Waals surface area contributed by atoms with Gasteiger partial charge in [0.25, 0.3) is 0 Å². The van der Waals surface area contributed by atoms with Crippen LogP contribution < -0.4 is 14.2 Å². The molecular formula is C14H18O5. The van der Waals surface area contributed by atoms with E-state index in [1.807, 2.05) is 0 Å². The maximum absolute atomic E-state index is 11.7. The zero-order chi connectivity index (χ0) is 13.8. The lowest BCUT2D eigenvalue weighted by Crippen LogP contribution is -2.30. The molecular weight excluding hydrogens is 248 g/mol. The quantitative estimate of drug-likeness (QED) is 0.737. The number of methoxy groups -OCH3 is 3. The van der Waals surface area contributed by atoms with E-state index < -0.39 is 6.10 Å². The summed E-state index contributed by atoms with van der Waals surface area (Å²) in [4.78, 5) is 11.7. The normalized spacial score (nSPS) is 15.5. The van der Waals surface area contributed by atoms with Crippen LogP contribution in [0.1, 0.15) is 12.8 Å². The van der Waals surface area contributed by atoms with Gasteiger partial charge in [-0.25, -0.2) is 4.79 Å². The van der Waals surface area contributed by atoms with Gasteiger partial charge in [-0.2, -0.15) is 0 Å². The van der Waals surface area contributed by atoms with E-state index >= 15 is 0 Å². The molecule has 104 valence electrons. The van der Waals surface area contributed by atoms with Crippen LogP contribution in [0.15, 0.2) is 18.2 Å². The summed E-state index contributed by atoms with van der Waals surface area (Å²) >= 11 is 0. The summed E-state index contributed by atoms with van der Waals surface area (Å²) in [5.41, 5.74) is 0. The van der Waals surface area contributed by atoms with Crippen molar-refractivity contribution in [2.75, 3.05) is 21.3 Å². The van der Waals surface area contributed by atoms with E-state index in [2.05, 4.69) is 0 Å². The molecule has 0 saturated heterocycles. The summed E-state index contributed by atoms with van der Waals surface area (Å²) in [7, 11) is 4.50. The first-order valence-electron chi connectivity index (χ1n) is 6.15. The van der Waals surface area contributed by atoms with Gasteiger partial charge >= 0.3 is 5.97 Å². The van der Waals surface area contributed by atoms with Crippen LogP contribution in [-0.4, -0.2) is 33.4 Å². The van der Waals surface area contributed by atoms with Gasteiger partial charge in [0.05, 0.1) is 21.3 Å². The Bertz CT molecular complexity index is 431. The third kappa shape index (κ3) is 3.30. The Labute approximate surface area is 112 Å². The lowest BCUT2D eigenvalue weighted by molar-refractivity contribution is -0.149. The van der Waals surface area contributed by atoms with Crippen molar-refractivity contribution in [1.82, 2.24) is 0 Å². The summed E-state index contributed by atoms with van der Waals surface area (Å²) in [6, 6.07) is 5.19. The molecule has 1 unspecified atom stereocenters. The first-order valence-corrected chi connectivity index (χ1v) is 6.15. The average Bonchev–Trinajstić information content (AvgIpc) is 3.27. The Balaban J connectivity index is 2.18. The van der Waals surface area contributed by atoms with Gasteiger partial charge in [0.15, 0.2) is 6.10 Å². The number of carbonyl (C=O) groups excluding carboxylic acids is 1. The highest BCUT2D eigenvalue weighted by Crippen LogP contribution is 2.37. The van der Waals surface area contributed by atoms with Crippen molar-refractivity contribution >= 4 is 5.97 Å². The van der Waals surface area contributed by atoms with Gasteiger partial charge in [-0.1, -0.05) is 0 Å². The van der Waals surface area contributed by atoms with E-state index in [0.717, 1.165) is 12.8 Å². The largest absolute Gasteiger partial charge is 0.496 e. The molecule has 1 aliphatic carbocycles. The number of benzene rings is 1. The van der Waals surface area contributed by atoms with Gasteiger partial charge in [0.2, 0.25) is 0 Å². The molecule has 1 atom stereocenters. The first kappa shape index (κ1) is 13.5. The number of hydrogen-bond donors (Lipinski definition) is 0. The van der Waals surface area contributed by atoms with Crippen LogP contribution in [0, 0.1) is 5.92 Å². The highest BCUT2D eigenvalue weighted by Gasteiger charge is 2.39. The highest BCUT2D eigenvalue weighted by atomic mass is 16.6. The van der Waals surface area contributed by atoms with Crippen LogP contribution in [0.25, 0.3) is 0 Å². The van der Waals surface area contributed by atoms with Crippen molar-refractivity contribution in [3.63, 3.8) is 0 Å². The lowest BCUT2D eigenvalue weighted by Gasteiger charge is -2.17. The molecule has 5 nitrogen and oxygen atoms in total. The van der Waals surface area contributed by atoms with Gasteiger partial charge in [-0.15, -0.1) is 0 Å². The highest BCUT2D eigenvalue weighted by molar-refractivity contribution is 5.75. The number of esters is 1. The van der Waals surface area contributed by atoms with E-state index in [0.29, 0.717) is 17.2 Å². The zero-order valence-corrected chi connectivity index (χ0v) is 11.3. The van der Waals surface area contributed by atoms with Gasteiger partial charge in [0.1, 0.15) is 17.2 Å². The van der Waals surface area contributed by atoms with E-state index in [9.17, 15) is 4.79 Å². The molecule has 19 heavy (non-hydrogen) atoms. The van der Waals surface area contributed by atoms with Crippen molar-refractivity contribution in [2.45, 2.75) is 18.9 Å². The van der Waals surface area contributed by atoms with E-state index in [1.54, 1.807) is 32.4 Å². The Hall–Kier alpha value is -1.91. The molecule has 0 spiro atoms. The Morgan fingerprint density at radius 3 is 2.00 bits per heavy atom. The molecule has 0 heterocycles. The van der Waals surface area contributed by atoms with E-state index in [1.165, 1.54) is 7.11 Å². The Kier molecular flexibility index (Phi) is 4.14. The number of ether oxygens (including phenoxy) is 4. The summed E-state index contributed by atoms with van der Waals surface area (Å²) in [5.74, 6) is 1.68. The van der Waals surface area contributed by atoms with Crippen LogP contribution in [0.3, 0.4) is 0 Å². The van der Waals surface area contributed by atoms with Crippen LogP contribution >= 0.6 is 0 Å². The minimum Gasteiger partial charge on any atom is -0.496 e. The fraction of sp³-hybridized carbons (Fsp3) is 0.500. The van der Waals surface area contributed by atoms with Gasteiger partial charge in [0, 0.05) is 24.1 Å². The fourth-order valence-corrected chi connectivity index (χ4v) is 1.85. The second-order valence-electron chi connectivity index (χ2n) is 4.45. The number of hydrogen-bond acceptors (Lipinski definition) is 5. The summed E-state index contributed by atoms with van der Waals surface area (Å²) < 4.78 is 20.8. The van der Waals surface area contributed by atoms with Gasteiger partial charge in [-0.05, 0) is 12.8 Å². The summed E-state index contributed by atoms with van der Waals surface area (Å²) in [5, 5.41) is 0. The van der Waals surface area contributed by atoms with Crippen molar-refractivity contribution < 1.29 is 23.7 Å². The monoisotopic (exact) mass is 266 g/mol. The minimum atomic E-state index is -0.554. The molecule has 1 saturated carbocycles. The van der Waals surface area contributed by atoms with Crippen molar-refractivity contribution in [3.05, 3.63) is 18.2 Å². The second kappa shape index (κ2) is 5.82. The number of rotatable bonds is 6. The van der Waals surface area contributed by atoms with Crippen LogP contribution in [0.5, 0.6) is 17.2 Å². The molecule has 0 radical (unpaired) electrons. The Morgan fingerprint density at radius 2 is 1.58 bits per heavy atom. The first-order chi connectivity index (χ1) is 9.17. The molecule has 1 aromatic carbocycles. The standard InChI is InChI=1S/C14H18O5/c1-16-10-6-11(17-2)8-12(7-10)19-13(9-4-5-9)14(15)18-3/h6-9,13H,4-5H2,1-3H3. The molecule has 1 fully saturated rings. The van der Waals surface area contributed by atoms with E-state index in [4.69, 9.17) is 18.9 Å². The molecule has 2 rings (SSSR count). The minimum absolute atomic E-state index is 0.240. The van der Waals surface area contributed by atoms with Crippen molar-refractivity contribution in [2.24, 2.45) is 5.92 Å². The topological polar surface area (TPSA) is 54.0 Å². The fourth-order valence-electron chi connectivity index (χ4n) is 1.85. The van der Waals surface area contributed by atoms with Crippen LogP contribution in [0.4, 0.5) is 0 Å². The zero-order valence-electron chi connectivity index (χ0n) is 11.3. The molecule has 0 aliphatic heterocycles. The maximum atomic E-state index is 11.7. The molecule has 5 heteroatoms. The molecule has 1 aliphatic rings. The SMILES string of the molecule is COC(=O)C(Oc1cc(OC)cc(OC)c1)C1CC1.